The number of allylic oxidation sites excluding steroid dienone is 4. The van der Waals surface area contributed by atoms with Crippen molar-refractivity contribution >= 4 is 11.9 Å². The van der Waals surface area contributed by atoms with Crippen LogP contribution in [-0.2, 0) is 14.3 Å². The van der Waals surface area contributed by atoms with E-state index in [1.165, 1.54) is 193 Å². The summed E-state index contributed by atoms with van der Waals surface area (Å²) in [7, 11) is 0. The van der Waals surface area contributed by atoms with Crippen molar-refractivity contribution in [3.8, 4) is 0 Å². The Morgan fingerprint density at radius 3 is 1.13 bits per heavy atom. The molecule has 0 aromatic carbocycles. The van der Waals surface area contributed by atoms with E-state index in [1.807, 2.05) is 0 Å². The summed E-state index contributed by atoms with van der Waals surface area (Å²) in [5.74, 6) is -0.0894. The zero-order chi connectivity index (χ0) is 45.8. The highest BCUT2D eigenvalue weighted by Gasteiger charge is 2.20. The van der Waals surface area contributed by atoms with Crippen LogP contribution >= 0.6 is 0 Å². The van der Waals surface area contributed by atoms with Gasteiger partial charge < -0.3 is 20.3 Å². The average Bonchev–Trinajstić information content (AvgIpc) is 3.28. The largest absolute Gasteiger partial charge is 0.466 e. The van der Waals surface area contributed by atoms with E-state index in [-0.39, 0.29) is 18.5 Å². The van der Waals surface area contributed by atoms with Crippen LogP contribution in [-0.4, -0.2) is 47.4 Å². The number of nitrogens with one attached hydrogen (secondary N) is 1. The first-order valence-electron chi connectivity index (χ1n) is 28.1. The maximum Gasteiger partial charge on any atom is 0.305 e. The number of aliphatic hydroxyl groups is 2. The van der Waals surface area contributed by atoms with Crippen LogP contribution in [0.15, 0.2) is 24.3 Å². The highest BCUT2D eigenvalue weighted by atomic mass is 16.5. The van der Waals surface area contributed by atoms with Gasteiger partial charge in [-0.05, 0) is 83.5 Å². The smallest absolute Gasteiger partial charge is 0.305 e. The number of hydrogen-bond donors (Lipinski definition) is 3. The molecule has 0 aliphatic carbocycles. The van der Waals surface area contributed by atoms with Crippen LogP contribution < -0.4 is 5.32 Å². The summed E-state index contributed by atoms with van der Waals surface area (Å²) in [6.45, 7) is 4.90. The number of carbonyl (C=O) groups excluding carboxylic acids is 2. The van der Waals surface area contributed by atoms with Crippen LogP contribution in [0.4, 0.5) is 0 Å². The van der Waals surface area contributed by atoms with Crippen LogP contribution in [0.5, 0.6) is 0 Å². The van der Waals surface area contributed by atoms with Gasteiger partial charge >= 0.3 is 5.97 Å². The third-order valence-electron chi connectivity index (χ3n) is 13.0. The summed E-state index contributed by atoms with van der Waals surface area (Å²) in [4.78, 5) is 24.5. The molecule has 2 unspecified atom stereocenters. The van der Waals surface area contributed by atoms with Crippen molar-refractivity contribution in [3.05, 3.63) is 24.3 Å². The second-order valence-electron chi connectivity index (χ2n) is 19.3. The molecule has 0 heterocycles. The first-order chi connectivity index (χ1) is 31.0. The van der Waals surface area contributed by atoms with Gasteiger partial charge in [0.25, 0.3) is 0 Å². The van der Waals surface area contributed by atoms with Crippen molar-refractivity contribution in [2.75, 3.05) is 13.2 Å². The van der Waals surface area contributed by atoms with E-state index in [2.05, 4.69) is 43.5 Å². The van der Waals surface area contributed by atoms with Crippen molar-refractivity contribution in [3.63, 3.8) is 0 Å². The molecule has 0 aromatic rings. The van der Waals surface area contributed by atoms with Crippen LogP contribution in [0.1, 0.15) is 303 Å². The zero-order valence-electron chi connectivity index (χ0n) is 42.3. The highest BCUT2D eigenvalue weighted by Crippen LogP contribution is 2.17. The molecule has 3 N–H and O–H groups in total. The van der Waals surface area contributed by atoms with Crippen LogP contribution in [0.3, 0.4) is 0 Å². The molecule has 0 saturated heterocycles. The molecule has 0 rings (SSSR count). The Morgan fingerprint density at radius 1 is 0.429 bits per heavy atom. The lowest BCUT2D eigenvalue weighted by Gasteiger charge is -2.22. The Hall–Kier alpha value is -1.66. The van der Waals surface area contributed by atoms with Crippen molar-refractivity contribution in [2.45, 2.75) is 315 Å². The lowest BCUT2D eigenvalue weighted by molar-refractivity contribution is -0.143. The molecule has 0 fully saturated rings. The Balaban J connectivity index is 3.50. The van der Waals surface area contributed by atoms with Crippen molar-refractivity contribution < 1.29 is 24.5 Å². The minimum atomic E-state index is -0.681. The quantitative estimate of drug-likeness (QED) is 0.0321. The molecular formula is C57H109NO5. The zero-order valence-corrected chi connectivity index (χ0v) is 42.3. The predicted molar refractivity (Wildman–Crippen MR) is 273 cm³/mol. The summed E-state index contributed by atoms with van der Waals surface area (Å²) in [6.07, 6.45) is 63.0. The summed E-state index contributed by atoms with van der Waals surface area (Å²) in [5.41, 5.74) is 0. The first kappa shape index (κ1) is 61.3. The molecule has 0 bridgehead atoms. The minimum absolute atomic E-state index is 0.0302. The number of hydrogen-bond acceptors (Lipinski definition) is 5. The SMILES string of the molecule is CCCCCCCC/C=C\CCCCCCCC(=O)OCCCCC/C=C\CCCCCCCC(=O)NC(CO)C(O)CCCCCCCCCCCCCCCCCCCCC. The van der Waals surface area contributed by atoms with Gasteiger partial charge in [-0.3, -0.25) is 9.59 Å². The third-order valence-corrected chi connectivity index (χ3v) is 13.0. The average molecular weight is 889 g/mol. The molecule has 6 heteroatoms. The standard InChI is InChI=1S/C57H109NO5/c1-3-5-7-9-11-13-15-17-19-20-21-22-24-25-29-33-37-41-45-49-55(60)54(53-59)58-56(61)50-46-42-38-34-30-27-28-32-36-40-44-48-52-63-57(62)51-47-43-39-35-31-26-23-18-16-14-12-10-8-6-4-2/h18,23,28,32,54-55,59-60H,3-17,19-22,24-27,29-31,33-53H2,1-2H3,(H,58,61)/b23-18-,32-28-. The summed E-state index contributed by atoms with van der Waals surface area (Å²) in [6, 6.07) is -0.561. The molecule has 0 aromatic heterocycles. The Morgan fingerprint density at radius 2 is 0.746 bits per heavy atom. The van der Waals surface area contributed by atoms with E-state index in [4.69, 9.17) is 4.74 Å². The molecule has 1 amide bonds. The fraction of sp³-hybridized carbons (Fsp3) is 0.895. The van der Waals surface area contributed by atoms with E-state index < -0.39 is 12.1 Å². The second-order valence-corrected chi connectivity index (χ2v) is 19.3. The highest BCUT2D eigenvalue weighted by molar-refractivity contribution is 5.76. The van der Waals surface area contributed by atoms with Gasteiger partial charge in [-0.25, -0.2) is 0 Å². The Kier molecular flexibility index (Phi) is 51.6. The number of unbranched alkanes of at least 4 members (excludes halogenated alkanes) is 37. The fourth-order valence-electron chi connectivity index (χ4n) is 8.63. The predicted octanol–water partition coefficient (Wildman–Crippen LogP) is 17.1. The normalized spacial score (nSPS) is 12.8. The molecule has 0 radical (unpaired) electrons. The topological polar surface area (TPSA) is 95.9 Å². The van der Waals surface area contributed by atoms with Crippen molar-refractivity contribution in [1.82, 2.24) is 5.32 Å². The molecular weight excluding hydrogens is 779 g/mol. The number of carbonyl (C=O) groups is 2. The maximum atomic E-state index is 12.5. The van der Waals surface area contributed by atoms with Gasteiger partial charge in [0.15, 0.2) is 0 Å². The van der Waals surface area contributed by atoms with Crippen molar-refractivity contribution in [2.24, 2.45) is 0 Å². The van der Waals surface area contributed by atoms with Gasteiger partial charge in [0.05, 0.1) is 25.4 Å². The van der Waals surface area contributed by atoms with Crippen LogP contribution in [0, 0.1) is 0 Å². The Bertz CT molecular complexity index is 982. The van der Waals surface area contributed by atoms with Gasteiger partial charge in [-0.15, -0.1) is 0 Å². The van der Waals surface area contributed by atoms with E-state index in [0.29, 0.717) is 25.9 Å². The van der Waals surface area contributed by atoms with E-state index in [0.717, 1.165) is 77.0 Å². The van der Waals surface area contributed by atoms with Gasteiger partial charge in [-0.1, -0.05) is 231 Å². The number of amides is 1. The maximum absolute atomic E-state index is 12.5. The van der Waals surface area contributed by atoms with Gasteiger partial charge in [0.1, 0.15) is 0 Å². The van der Waals surface area contributed by atoms with E-state index in [1.54, 1.807) is 0 Å². The molecule has 0 aliphatic heterocycles. The number of esters is 1. The molecule has 0 aliphatic rings. The number of aliphatic hydroxyl groups excluding tert-OH is 2. The Labute approximate surface area is 392 Å². The second kappa shape index (κ2) is 53.0. The summed E-state index contributed by atoms with van der Waals surface area (Å²) in [5, 5.41) is 23.3. The third kappa shape index (κ3) is 49.6. The molecule has 0 saturated carbocycles. The van der Waals surface area contributed by atoms with Crippen LogP contribution in [0.25, 0.3) is 0 Å². The summed E-state index contributed by atoms with van der Waals surface area (Å²) >= 11 is 0. The molecule has 63 heavy (non-hydrogen) atoms. The first-order valence-corrected chi connectivity index (χ1v) is 28.1. The number of rotatable bonds is 52. The van der Waals surface area contributed by atoms with Gasteiger partial charge in [-0.2, -0.15) is 0 Å². The molecule has 0 spiro atoms. The fourth-order valence-corrected chi connectivity index (χ4v) is 8.63. The lowest BCUT2D eigenvalue weighted by atomic mass is 10.0. The molecule has 372 valence electrons. The van der Waals surface area contributed by atoms with Gasteiger partial charge in [0.2, 0.25) is 5.91 Å². The number of ether oxygens (including phenoxy) is 1. The van der Waals surface area contributed by atoms with Gasteiger partial charge in [0, 0.05) is 12.8 Å². The van der Waals surface area contributed by atoms with Crippen molar-refractivity contribution in [1.29, 1.82) is 0 Å². The summed E-state index contributed by atoms with van der Waals surface area (Å²) < 4.78 is 5.45. The van der Waals surface area contributed by atoms with Crippen LogP contribution in [0.2, 0.25) is 0 Å². The monoisotopic (exact) mass is 888 g/mol. The molecule has 6 nitrogen and oxygen atoms in total. The minimum Gasteiger partial charge on any atom is -0.466 e. The van der Waals surface area contributed by atoms with E-state index in [9.17, 15) is 19.8 Å². The molecule has 2 atom stereocenters. The van der Waals surface area contributed by atoms with E-state index >= 15 is 0 Å². The lowest BCUT2D eigenvalue weighted by Crippen LogP contribution is -2.45.